The van der Waals surface area contributed by atoms with Crippen molar-refractivity contribution in [2.24, 2.45) is 5.92 Å². The van der Waals surface area contributed by atoms with E-state index < -0.39 is 0 Å². The summed E-state index contributed by atoms with van der Waals surface area (Å²) in [4.78, 5) is 6.11. The molecule has 0 bridgehead atoms. The van der Waals surface area contributed by atoms with Crippen molar-refractivity contribution in [1.29, 1.82) is 0 Å². The van der Waals surface area contributed by atoms with Crippen LogP contribution < -0.4 is 5.32 Å². The number of ether oxygens (including phenoxy) is 2. The standard InChI is InChI=1S/C16H28N2O2S/c1-4-20-15(12-8-6-5-7-9-12)16-18-13(11-19-3)14(21-16)10-17-2/h12,15,17H,4-11H2,1-3H3. The van der Waals surface area contributed by atoms with E-state index in [1.54, 1.807) is 18.4 Å². The molecule has 0 aromatic carbocycles. The van der Waals surface area contributed by atoms with Gasteiger partial charge in [-0.25, -0.2) is 4.98 Å². The Hall–Kier alpha value is -0.490. The summed E-state index contributed by atoms with van der Waals surface area (Å²) in [6.07, 6.45) is 6.73. The molecule has 1 saturated carbocycles. The molecule has 5 heteroatoms. The van der Waals surface area contributed by atoms with Gasteiger partial charge in [0.15, 0.2) is 0 Å². The van der Waals surface area contributed by atoms with Crippen LogP contribution in [0.1, 0.15) is 60.7 Å². The molecule has 4 nitrogen and oxygen atoms in total. The van der Waals surface area contributed by atoms with Gasteiger partial charge in [0, 0.05) is 25.1 Å². The van der Waals surface area contributed by atoms with Crippen LogP contribution >= 0.6 is 11.3 Å². The quantitative estimate of drug-likeness (QED) is 0.795. The normalized spacial score (nSPS) is 18.0. The smallest absolute Gasteiger partial charge is 0.122 e. The maximum atomic E-state index is 6.08. The summed E-state index contributed by atoms with van der Waals surface area (Å²) in [7, 11) is 3.69. The minimum absolute atomic E-state index is 0.168. The van der Waals surface area contributed by atoms with Gasteiger partial charge in [0.1, 0.15) is 11.1 Å². The monoisotopic (exact) mass is 312 g/mol. The summed E-state index contributed by atoms with van der Waals surface area (Å²) in [6, 6.07) is 0. The van der Waals surface area contributed by atoms with Crippen LogP contribution in [0.25, 0.3) is 0 Å². The van der Waals surface area contributed by atoms with E-state index in [0.29, 0.717) is 12.5 Å². The van der Waals surface area contributed by atoms with Gasteiger partial charge in [-0.05, 0) is 32.7 Å². The maximum absolute atomic E-state index is 6.08. The van der Waals surface area contributed by atoms with Crippen LogP contribution in [-0.2, 0) is 22.6 Å². The van der Waals surface area contributed by atoms with Crippen molar-refractivity contribution in [2.45, 2.75) is 58.3 Å². The zero-order valence-electron chi connectivity index (χ0n) is 13.5. The van der Waals surface area contributed by atoms with E-state index in [1.807, 2.05) is 7.05 Å². The molecule has 1 heterocycles. The fraction of sp³-hybridized carbons (Fsp3) is 0.812. The fourth-order valence-electron chi connectivity index (χ4n) is 3.10. The van der Waals surface area contributed by atoms with Gasteiger partial charge in [0.25, 0.3) is 0 Å². The van der Waals surface area contributed by atoms with Crippen molar-refractivity contribution in [3.05, 3.63) is 15.6 Å². The molecule has 0 saturated heterocycles. The number of nitrogens with one attached hydrogen (secondary N) is 1. The van der Waals surface area contributed by atoms with E-state index in [4.69, 9.17) is 14.5 Å². The largest absolute Gasteiger partial charge is 0.378 e. The predicted molar refractivity (Wildman–Crippen MR) is 86.5 cm³/mol. The van der Waals surface area contributed by atoms with E-state index in [1.165, 1.54) is 37.0 Å². The molecule has 1 unspecified atom stereocenters. The first-order chi connectivity index (χ1) is 10.3. The lowest BCUT2D eigenvalue weighted by molar-refractivity contribution is 0.00529. The van der Waals surface area contributed by atoms with Crippen LogP contribution in [0, 0.1) is 5.92 Å². The molecule has 0 aliphatic heterocycles. The van der Waals surface area contributed by atoms with E-state index in [0.717, 1.165) is 23.9 Å². The highest BCUT2D eigenvalue weighted by Crippen LogP contribution is 2.39. The van der Waals surface area contributed by atoms with Gasteiger partial charge in [0.2, 0.25) is 0 Å². The third-order valence-corrected chi connectivity index (χ3v) is 5.24. The van der Waals surface area contributed by atoms with E-state index >= 15 is 0 Å². The van der Waals surface area contributed by atoms with Gasteiger partial charge in [0.05, 0.1) is 12.3 Å². The molecule has 1 aliphatic rings. The highest BCUT2D eigenvalue weighted by molar-refractivity contribution is 7.11. The molecule has 0 spiro atoms. The van der Waals surface area contributed by atoms with Crippen LogP contribution in [0.15, 0.2) is 0 Å². The predicted octanol–water partition coefficient (Wildman–Crippen LogP) is 3.67. The van der Waals surface area contributed by atoms with Crippen molar-refractivity contribution >= 4 is 11.3 Å². The number of hydrogen-bond acceptors (Lipinski definition) is 5. The van der Waals surface area contributed by atoms with Crippen molar-refractivity contribution in [1.82, 2.24) is 10.3 Å². The Morgan fingerprint density at radius 2 is 2.10 bits per heavy atom. The van der Waals surface area contributed by atoms with Crippen LogP contribution in [0.3, 0.4) is 0 Å². The Morgan fingerprint density at radius 3 is 2.71 bits per heavy atom. The Balaban J connectivity index is 2.19. The molecule has 1 aromatic heterocycles. The maximum Gasteiger partial charge on any atom is 0.122 e. The third-order valence-electron chi connectivity index (χ3n) is 4.08. The topological polar surface area (TPSA) is 43.4 Å². The number of aromatic nitrogens is 1. The highest BCUT2D eigenvalue weighted by atomic mass is 32.1. The van der Waals surface area contributed by atoms with E-state index in [2.05, 4.69) is 12.2 Å². The number of hydrogen-bond donors (Lipinski definition) is 1. The zero-order valence-corrected chi connectivity index (χ0v) is 14.3. The van der Waals surface area contributed by atoms with Crippen molar-refractivity contribution < 1.29 is 9.47 Å². The lowest BCUT2D eigenvalue weighted by atomic mass is 9.85. The number of rotatable bonds is 8. The lowest BCUT2D eigenvalue weighted by Gasteiger charge is -2.28. The SMILES string of the molecule is CCOC(c1nc(COC)c(CNC)s1)C1CCCCC1. The fourth-order valence-corrected chi connectivity index (χ4v) is 4.32. The average molecular weight is 312 g/mol. The summed E-state index contributed by atoms with van der Waals surface area (Å²) in [5.41, 5.74) is 1.06. The second-order valence-electron chi connectivity index (χ2n) is 5.66. The van der Waals surface area contributed by atoms with Crippen LogP contribution in [-0.4, -0.2) is 25.7 Å². The molecule has 21 heavy (non-hydrogen) atoms. The van der Waals surface area contributed by atoms with Crippen LogP contribution in [0.4, 0.5) is 0 Å². The number of thiazole rings is 1. The van der Waals surface area contributed by atoms with Gasteiger partial charge >= 0.3 is 0 Å². The van der Waals surface area contributed by atoms with Crippen LogP contribution in [0.5, 0.6) is 0 Å². The number of methoxy groups -OCH3 is 1. The molecule has 1 aromatic rings. The molecule has 1 fully saturated rings. The van der Waals surface area contributed by atoms with Crippen molar-refractivity contribution in [3.8, 4) is 0 Å². The molecule has 2 rings (SSSR count). The molecule has 0 radical (unpaired) electrons. The van der Waals surface area contributed by atoms with Crippen LogP contribution in [0.2, 0.25) is 0 Å². The van der Waals surface area contributed by atoms with Crippen molar-refractivity contribution in [2.75, 3.05) is 20.8 Å². The van der Waals surface area contributed by atoms with Gasteiger partial charge in [-0.3, -0.25) is 0 Å². The second-order valence-corrected chi connectivity index (χ2v) is 6.77. The Morgan fingerprint density at radius 1 is 1.33 bits per heavy atom. The van der Waals surface area contributed by atoms with Gasteiger partial charge in [-0.1, -0.05) is 19.3 Å². The summed E-state index contributed by atoms with van der Waals surface area (Å²) >= 11 is 1.79. The van der Waals surface area contributed by atoms with E-state index in [9.17, 15) is 0 Å². The van der Waals surface area contributed by atoms with E-state index in [-0.39, 0.29) is 6.10 Å². The Kier molecular flexibility index (Phi) is 7.10. The molecule has 120 valence electrons. The van der Waals surface area contributed by atoms with Gasteiger partial charge in [-0.15, -0.1) is 11.3 Å². The first-order valence-corrected chi connectivity index (χ1v) is 8.85. The lowest BCUT2D eigenvalue weighted by Crippen LogP contribution is -2.19. The Labute approximate surface area is 132 Å². The average Bonchev–Trinajstić information content (AvgIpc) is 2.89. The summed E-state index contributed by atoms with van der Waals surface area (Å²) in [5.74, 6) is 0.627. The van der Waals surface area contributed by atoms with Gasteiger partial charge < -0.3 is 14.8 Å². The van der Waals surface area contributed by atoms with Crippen molar-refractivity contribution in [3.63, 3.8) is 0 Å². The summed E-state index contributed by atoms with van der Waals surface area (Å²) in [6.45, 7) is 4.26. The molecular weight excluding hydrogens is 284 g/mol. The summed E-state index contributed by atoms with van der Waals surface area (Å²) in [5, 5.41) is 4.36. The second kappa shape index (κ2) is 8.83. The molecular formula is C16H28N2O2S. The molecule has 1 atom stereocenters. The minimum Gasteiger partial charge on any atom is -0.378 e. The third kappa shape index (κ3) is 4.49. The zero-order chi connectivity index (χ0) is 15.1. The Bertz CT molecular complexity index is 393. The summed E-state index contributed by atoms with van der Waals surface area (Å²) < 4.78 is 11.4. The first kappa shape index (κ1) is 16.9. The first-order valence-electron chi connectivity index (χ1n) is 8.03. The van der Waals surface area contributed by atoms with Gasteiger partial charge in [-0.2, -0.15) is 0 Å². The highest BCUT2D eigenvalue weighted by Gasteiger charge is 2.29. The molecule has 0 amide bonds. The molecule has 1 N–H and O–H groups in total. The minimum atomic E-state index is 0.168. The molecule has 1 aliphatic carbocycles. The number of nitrogens with zero attached hydrogens (tertiary/aromatic N) is 1.